The Morgan fingerprint density at radius 1 is 1.48 bits per heavy atom. The first-order valence-electron chi connectivity index (χ1n) is 6.98. The summed E-state index contributed by atoms with van der Waals surface area (Å²) in [7, 11) is 5.02. The molecular formula is C14H22N4O3. The fourth-order valence-corrected chi connectivity index (χ4v) is 2.73. The average Bonchev–Trinajstić information content (AvgIpc) is 3.02. The lowest BCUT2D eigenvalue weighted by molar-refractivity contribution is -0.125. The predicted molar refractivity (Wildman–Crippen MR) is 76.8 cm³/mol. The van der Waals surface area contributed by atoms with Crippen LogP contribution in [0.5, 0.6) is 0 Å². The smallest absolute Gasteiger partial charge is 0.274 e. The van der Waals surface area contributed by atoms with Gasteiger partial charge in [-0.25, -0.2) is 0 Å². The molecule has 0 aliphatic carbocycles. The second-order valence-corrected chi connectivity index (χ2v) is 5.44. The summed E-state index contributed by atoms with van der Waals surface area (Å²) in [5.41, 5.74) is 1.34. The maximum absolute atomic E-state index is 12.5. The van der Waals surface area contributed by atoms with Gasteiger partial charge in [-0.2, -0.15) is 5.10 Å². The van der Waals surface area contributed by atoms with Crippen LogP contribution >= 0.6 is 0 Å². The number of methoxy groups -OCH3 is 1. The zero-order chi connectivity index (χ0) is 15.6. The van der Waals surface area contributed by atoms with Gasteiger partial charge in [0, 0.05) is 45.9 Å². The van der Waals surface area contributed by atoms with E-state index in [0.29, 0.717) is 25.4 Å². The van der Waals surface area contributed by atoms with Gasteiger partial charge in [0.05, 0.1) is 12.5 Å². The number of aryl methyl sites for hydroxylation is 2. The van der Waals surface area contributed by atoms with E-state index in [1.54, 1.807) is 36.9 Å². The highest BCUT2D eigenvalue weighted by Gasteiger charge is 2.39. The summed E-state index contributed by atoms with van der Waals surface area (Å²) in [6, 6.07) is 1.76. The highest BCUT2D eigenvalue weighted by atomic mass is 16.5. The van der Waals surface area contributed by atoms with Crippen LogP contribution in [0.15, 0.2) is 6.07 Å². The van der Waals surface area contributed by atoms with Gasteiger partial charge in [-0.3, -0.25) is 14.3 Å². The number of hydrogen-bond donors (Lipinski definition) is 1. The van der Waals surface area contributed by atoms with Crippen LogP contribution in [0.1, 0.15) is 16.2 Å². The first kappa shape index (κ1) is 15.5. The topological polar surface area (TPSA) is 76.5 Å². The summed E-state index contributed by atoms with van der Waals surface area (Å²) < 4.78 is 6.84. The maximum atomic E-state index is 12.5. The van der Waals surface area contributed by atoms with E-state index in [9.17, 15) is 9.59 Å². The molecule has 0 unspecified atom stereocenters. The van der Waals surface area contributed by atoms with E-state index in [1.165, 1.54) is 0 Å². The number of carbonyl (C=O) groups is 2. The van der Waals surface area contributed by atoms with Crippen LogP contribution in [0.4, 0.5) is 0 Å². The first-order valence-corrected chi connectivity index (χ1v) is 6.98. The molecule has 0 radical (unpaired) electrons. The third kappa shape index (κ3) is 3.07. The average molecular weight is 294 g/mol. The van der Waals surface area contributed by atoms with Crippen molar-refractivity contribution in [3.05, 3.63) is 17.5 Å². The van der Waals surface area contributed by atoms with Crippen molar-refractivity contribution in [1.29, 1.82) is 0 Å². The van der Waals surface area contributed by atoms with Gasteiger partial charge in [-0.05, 0) is 13.0 Å². The fourth-order valence-electron chi connectivity index (χ4n) is 2.73. The third-order valence-corrected chi connectivity index (χ3v) is 4.03. The van der Waals surface area contributed by atoms with E-state index in [2.05, 4.69) is 10.4 Å². The monoisotopic (exact) mass is 294 g/mol. The van der Waals surface area contributed by atoms with Gasteiger partial charge in [-0.15, -0.1) is 0 Å². The van der Waals surface area contributed by atoms with E-state index < -0.39 is 0 Å². The molecule has 1 aromatic heterocycles. The minimum absolute atomic E-state index is 0.0173. The number of hydrogen-bond acceptors (Lipinski definition) is 4. The summed E-state index contributed by atoms with van der Waals surface area (Å²) in [6.45, 7) is 3.28. The number of carbonyl (C=O) groups excluding carboxylic acids is 2. The molecule has 0 saturated carbocycles. The fraction of sp³-hybridized carbons (Fsp3) is 0.643. The van der Waals surface area contributed by atoms with Crippen molar-refractivity contribution in [2.24, 2.45) is 18.9 Å². The molecule has 1 aromatic rings. The molecule has 2 rings (SSSR count). The Kier molecular flexibility index (Phi) is 4.62. The van der Waals surface area contributed by atoms with Crippen molar-refractivity contribution >= 4 is 11.8 Å². The van der Waals surface area contributed by atoms with E-state index in [0.717, 1.165) is 5.69 Å². The Hall–Kier alpha value is -1.89. The molecule has 0 spiro atoms. The minimum Gasteiger partial charge on any atom is -0.384 e. The number of nitrogens with zero attached hydrogens (tertiary/aromatic N) is 3. The van der Waals surface area contributed by atoms with Crippen LogP contribution in [0.25, 0.3) is 0 Å². The lowest BCUT2D eigenvalue weighted by atomic mass is 9.96. The van der Waals surface area contributed by atoms with Crippen molar-refractivity contribution in [3.8, 4) is 0 Å². The molecule has 2 atom stereocenters. The predicted octanol–water partition coefficient (Wildman–Crippen LogP) is -0.191. The number of aromatic nitrogens is 2. The van der Waals surface area contributed by atoms with Crippen molar-refractivity contribution in [1.82, 2.24) is 20.0 Å². The molecule has 1 aliphatic rings. The number of rotatable bonds is 4. The van der Waals surface area contributed by atoms with Crippen molar-refractivity contribution in [2.45, 2.75) is 6.92 Å². The second-order valence-electron chi connectivity index (χ2n) is 5.44. The van der Waals surface area contributed by atoms with Crippen molar-refractivity contribution in [3.63, 3.8) is 0 Å². The van der Waals surface area contributed by atoms with Crippen molar-refractivity contribution < 1.29 is 14.3 Å². The van der Waals surface area contributed by atoms with Crippen LogP contribution in [-0.2, 0) is 16.6 Å². The maximum Gasteiger partial charge on any atom is 0.274 e. The standard InChI is InChI=1S/C14H22N4O3/c1-9-5-12(16-17(9)3)14(20)18-6-10(8-21-4)11(7-18)13(19)15-2/h5,10-11H,6-8H2,1-4H3,(H,15,19)/t10-,11+/m0/s1. The van der Waals surface area contributed by atoms with Crippen molar-refractivity contribution in [2.75, 3.05) is 33.9 Å². The van der Waals surface area contributed by atoms with Gasteiger partial charge in [0.25, 0.3) is 5.91 Å². The van der Waals surface area contributed by atoms with Gasteiger partial charge >= 0.3 is 0 Å². The molecule has 1 saturated heterocycles. The number of amides is 2. The molecule has 0 bridgehead atoms. The minimum atomic E-state index is -0.233. The van der Waals surface area contributed by atoms with Crippen LogP contribution in [-0.4, -0.2) is 60.3 Å². The van der Waals surface area contributed by atoms with Gasteiger partial charge in [-0.1, -0.05) is 0 Å². The summed E-state index contributed by atoms with van der Waals surface area (Å²) in [5, 5.41) is 6.87. The molecule has 0 aromatic carbocycles. The summed E-state index contributed by atoms with van der Waals surface area (Å²) in [6.07, 6.45) is 0. The van der Waals surface area contributed by atoms with E-state index >= 15 is 0 Å². The first-order chi connectivity index (χ1) is 9.97. The second kappa shape index (κ2) is 6.26. The number of ether oxygens (including phenoxy) is 1. The Morgan fingerprint density at radius 3 is 2.71 bits per heavy atom. The van der Waals surface area contributed by atoms with E-state index in [4.69, 9.17) is 4.74 Å². The summed E-state index contributed by atoms with van der Waals surface area (Å²) in [5.74, 6) is -0.400. The van der Waals surface area contributed by atoms with Gasteiger partial charge in [0.1, 0.15) is 0 Å². The van der Waals surface area contributed by atoms with Crippen LogP contribution < -0.4 is 5.32 Å². The molecule has 1 fully saturated rings. The molecule has 1 N–H and O–H groups in total. The lowest BCUT2D eigenvalue weighted by Crippen LogP contribution is -2.34. The quantitative estimate of drug-likeness (QED) is 0.835. The summed E-state index contributed by atoms with van der Waals surface area (Å²) >= 11 is 0. The lowest BCUT2D eigenvalue weighted by Gasteiger charge is -2.14. The van der Waals surface area contributed by atoms with Gasteiger partial charge in [0.15, 0.2) is 5.69 Å². The zero-order valence-corrected chi connectivity index (χ0v) is 12.9. The Bertz CT molecular complexity index is 521. The van der Waals surface area contributed by atoms with Crippen LogP contribution in [0, 0.1) is 18.8 Å². The Balaban J connectivity index is 2.14. The Labute approximate surface area is 124 Å². The van der Waals surface area contributed by atoms with E-state index in [-0.39, 0.29) is 23.7 Å². The van der Waals surface area contributed by atoms with Gasteiger partial charge in [0.2, 0.25) is 5.91 Å². The molecule has 116 valence electrons. The molecule has 7 heteroatoms. The van der Waals surface area contributed by atoms with Crippen LogP contribution in [0.2, 0.25) is 0 Å². The summed E-state index contributed by atoms with van der Waals surface area (Å²) in [4.78, 5) is 26.1. The molecule has 2 heterocycles. The normalized spacial score (nSPS) is 21.6. The highest BCUT2D eigenvalue weighted by Crippen LogP contribution is 2.25. The largest absolute Gasteiger partial charge is 0.384 e. The molecule has 2 amide bonds. The molecule has 7 nitrogen and oxygen atoms in total. The third-order valence-electron chi connectivity index (χ3n) is 4.03. The van der Waals surface area contributed by atoms with E-state index in [1.807, 2.05) is 6.92 Å². The molecular weight excluding hydrogens is 272 g/mol. The number of nitrogens with one attached hydrogen (secondary N) is 1. The number of likely N-dealkylation sites (tertiary alicyclic amines) is 1. The highest BCUT2D eigenvalue weighted by molar-refractivity contribution is 5.93. The molecule has 1 aliphatic heterocycles. The van der Waals surface area contributed by atoms with Gasteiger partial charge < -0.3 is 15.0 Å². The zero-order valence-electron chi connectivity index (χ0n) is 12.9. The SMILES string of the molecule is CNC(=O)[C@@H]1CN(C(=O)c2cc(C)n(C)n2)C[C@H]1COC. The van der Waals surface area contributed by atoms with Crippen LogP contribution in [0.3, 0.4) is 0 Å². The Morgan fingerprint density at radius 2 is 2.19 bits per heavy atom. The molecule has 21 heavy (non-hydrogen) atoms.